The predicted octanol–water partition coefficient (Wildman–Crippen LogP) is 2.80. The quantitative estimate of drug-likeness (QED) is 0.427. The van der Waals surface area contributed by atoms with Gasteiger partial charge in [0.2, 0.25) is 0 Å². The van der Waals surface area contributed by atoms with Crippen LogP contribution in [0, 0.1) is 26.2 Å². The molecular weight excluding hydrogens is 473 g/mol. The number of rotatable bonds is 8. The number of ether oxygens (including phenoxy) is 2. The van der Waals surface area contributed by atoms with E-state index in [-0.39, 0.29) is 35.8 Å². The summed E-state index contributed by atoms with van der Waals surface area (Å²) in [6.45, 7) is 4.69. The van der Waals surface area contributed by atoms with Crippen molar-refractivity contribution in [3.8, 4) is 23.6 Å². The van der Waals surface area contributed by atoms with Gasteiger partial charge in [0, 0.05) is 0 Å². The molecule has 2 aromatic rings. The Balaban J connectivity index is 2.58. The van der Waals surface area contributed by atoms with Gasteiger partial charge in [-0.05, 0) is 60.2 Å². The highest BCUT2D eigenvalue weighted by molar-refractivity contribution is 14.1. The molecule has 3 N–H and O–H groups in total. The number of hydrogen-bond acceptors (Lipinski definition) is 7. The van der Waals surface area contributed by atoms with Crippen LogP contribution in [0.4, 0.5) is 5.82 Å². The molecule has 1 aromatic carbocycles. The molecule has 0 fully saturated rings. The fourth-order valence-corrected chi connectivity index (χ4v) is 3.36. The van der Waals surface area contributed by atoms with E-state index in [0.717, 1.165) is 3.57 Å². The van der Waals surface area contributed by atoms with Crippen molar-refractivity contribution in [3.05, 3.63) is 32.5 Å². The highest BCUT2D eigenvalue weighted by Gasteiger charge is 2.19. The number of nitrogen functional groups attached to an aromatic ring is 1. The molecule has 0 saturated carbocycles. The summed E-state index contributed by atoms with van der Waals surface area (Å²) in [5.74, 6) is 1.34. The van der Waals surface area contributed by atoms with Gasteiger partial charge in [-0.1, -0.05) is 0 Å². The van der Waals surface area contributed by atoms with Crippen LogP contribution in [0.5, 0.6) is 11.5 Å². The van der Waals surface area contributed by atoms with Gasteiger partial charge >= 0.3 is 0 Å². The number of benzene rings is 1. The van der Waals surface area contributed by atoms with Gasteiger partial charge in [0.15, 0.2) is 11.5 Å². The van der Waals surface area contributed by atoms with Crippen molar-refractivity contribution in [2.75, 3.05) is 25.6 Å². The van der Waals surface area contributed by atoms with E-state index in [9.17, 15) is 10.5 Å². The van der Waals surface area contributed by atoms with Crippen molar-refractivity contribution in [2.45, 2.75) is 20.4 Å². The standard InChI is InChI=1S/C19H20IN5O3/c1-3-27-16-9-12(8-15(20)18(16)28-4-2)7-13(10-21)17-14(11-22)19(23)25(24-17)5-6-26/h7-9,26H,3-6,23H2,1-2H3/b13-7+. The van der Waals surface area contributed by atoms with Crippen LogP contribution in [0.2, 0.25) is 0 Å². The fourth-order valence-electron chi connectivity index (χ4n) is 2.58. The summed E-state index contributed by atoms with van der Waals surface area (Å²) in [5.41, 5.74) is 7.09. The molecule has 2 rings (SSSR count). The molecule has 0 bridgehead atoms. The zero-order valence-electron chi connectivity index (χ0n) is 15.6. The molecule has 0 unspecified atom stereocenters. The number of aliphatic hydroxyl groups excluding tert-OH is 1. The maximum atomic E-state index is 9.65. The van der Waals surface area contributed by atoms with Crippen LogP contribution in [0.25, 0.3) is 11.6 Å². The van der Waals surface area contributed by atoms with Crippen molar-refractivity contribution in [1.82, 2.24) is 9.78 Å². The minimum Gasteiger partial charge on any atom is -0.490 e. The third-order valence-corrected chi connectivity index (χ3v) is 4.52. The lowest BCUT2D eigenvalue weighted by Gasteiger charge is -2.13. The largest absolute Gasteiger partial charge is 0.490 e. The first-order valence-corrected chi connectivity index (χ1v) is 9.67. The molecular formula is C19H20IN5O3. The van der Waals surface area contributed by atoms with Crippen LogP contribution in [0.3, 0.4) is 0 Å². The summed E-state index contributed by atoms with van der Waals surface area (Å²) in [5, 5.41) is 32.4. The average Bonchev–Trinajstić information content (AvgIpc) is 2.98. The smallest absolute Gasteiger partial charge is 0.174 e. The van der Waals surface area contributed by atoms with E-state index >= 15 is 0 Å². The molecule has 0 aliphatic rings. The van der Waals surface area contributed by atoms with Crippen molar-refractivity contribution >= 4 is 40.1 Å². The Bertz CT molecular complexity index is 969. The van der Waals surface area contributed by atoms with E-state index in [1.807, 2.05) is 26.0 Å². The lowest BCUT2D eigenvalue weighted by Crippen LogP contribution is -2.07. The normalized spacial score (nSPS) is 11.0. The number of anilines is 1. The van der Waals surface area contributed by atoms with Gasteiger partial charge in [0.1, 0.15) is 29.2 Å². The summed E-state index contributed by atoms with van der Waals surface area (Å²) in [4.78, 5) is 0. The van der Waals surface area contributed by atoms with Gasteiger partial charge in [-0.15, -0.1) is 0 Å². The van der Waals surface area contributed by atoms with E-state index in [1.54, 1.807) is 12.1 Å². The molecule has 0 spiro atoms. The van der Waals surface area contributed by atoms with Gasteiger partial charge in [-0.3, -0.25) is 0 Å². The highest BCUT2D eigenvalue weighted by atomic mass is 127. The second kappa shape index (κ2) is 9.97. The predicted molar refractivity (Wildman–Crippen MR) is 113 cm³/mol. The van der Waals surface area contributed by atoms with Crippen LogP contribution in [0.1, 0.15) is 30.7 Å². The number of halogens is 1. The first-order chi connectivity index (χ1) is 13.5. The van der Waals surface area contributed by atoms with Crippen LogP contribution < -0.4 is 15.2 Å². The van der Waals surface area contributed by atoms with Crippen LogP contribution >= 0.6 is 22.6 Å². The summed E-state index contributed by atoms with van der Waals surface area (Å²) in [6.07, 6.45) is 1.62. The van der Waals surface area contributed by atoms with E-state index in [2.05, 4.69) is 33.8 Å². The second-order valence-electron chi connectivity index (χ2n) is 5.53. The monoisotopic (exact) mass is 493 g/mol. The SMILES string of the molecule is CCOc1cc(/C=C(\C#N)c2nn(CCO)c(N)c2C#N)cc(I)c1OCC. The molecule has 146 valence electrons. The van der Waals surface area contributed by atoms with Gasteiger partial charge in [0.05, 0.1) is 35.5 Å². The summed E-state index contributed by atoms with van der Waals surface area (Å²) >= 11 is 2.15. The Labute approximate surface area is 176 Å². The van der Waals surface area contributed by atoms with Crippen molar-refractivity contribution in [1.29, 1.82) is 10.5 Å². The second-order valence-corrected chi connectivity index (χ2v) is 6.70. The Hall–Kier alpha value is -2.76. The number of aliphatic hydroxyl groups is 1. The number of allylic oxidation sites excluding steroid dienone is 1. The molecule has 0 amide bonds. The molecule has 0 aliphatic heterocycles. The molecule has 1 aromatic heterocycles. The highest BCUT2D eigenvalue weighted by Crippen LogP contribution is 2.35. The number of hydrogen-bond donors (Lipinski definition) is 2. The Morgan fingerprint density at radius 1 is 1.32 bits per heavy atom. The molecule has 0 saturated heterocycles. The number of nitrogens with zero attached hydrogens (tertiary/aromatic N) is 4. The van der Waals surface area contributed by atoms with E-state index < -0.39 is 0 Å². The molecule has 0 radical (unpaired) electrons. The lowest BCUT2D eigenvalue weighted by atomic mass is 10.1. The molecule has 1 heterocycles. The van der Waals surface area contributed by atoms with Crippen molar-refractivity contribution in [2.24, 2.45) is 0 Å². The Morgan fingerprint density at radius 3 is 2.61 bits per heavy atom. The van der Waals surface area contributed by atoms with Crippen molar-refractivity contribution < 1.29 is 14.6 Å². The maximum absolute atomic E-state index is 9.65. The minimum absolute atomic E-state index is 0.104. The molecule has 9 heteroatoms. The lowest BCUT2D eigenvalue weighted by molar-refractivity contribution is 0.270. The Kier molecular flexibility index (Phi) is 7.67. The third kappa shape index (κ3) is 4.55. The van der Waals surface area contributed by atoms with Gasteiger partial charge in [-0.2, -0.15) is 15.6 Å². The van der Waals surface area contributed by atoms with Crippen molar-refractivity contribution in [3.63, 3.8) is 0 Å². The number of nitrogens with two attached hydrogens (primary N) is 1. The minimum atomic E-state index is -0.184. The number of aromatic nitrogens is 2. The van der Waals surface area contributed by atoms with E-state index in [1.165, 1.54) is 4.68 Å². The van der Waals surface area contributed by atoms with E-state index in [4.69, 9.17) is 20.3 Å². The van der Waals surface area contributed by atoms with Crippen LogP contribution in [0.15, 0.2) is 12.1 Å². The first-order valence-electron chi connectivity index (χ1n) is 8.59. The summed E-state index contributed by atoms with van der Waals surface area (Å²) in [7, 11) is 0. The zero-order chi connectivity index (χ0) is 20.7. The summed E-state index contributed by atoms with van der Waals surface area (Å²) < 4.78 is 13.5. The molecule has 8 nitrogen and oxygen atoms in total. The third-order valence-electron chi connectivity index (χ3n) is 3.72. The zero-order valence-corrected chi connectivity index (χ0v) is 17.7. The topological polar surface area (TPSA) is 130 Å². The van der Waals surface area contributed by atoms with Crippen LogP contribution in [-0.2, 0) is 6.54 Å². The first kappa shape index (κ1) is 21.5. The van der Waals surface area contributed by atoms with Gasteiger partial charge in [0.25, 0.3) is 0 Å². The summed E-state index contributed by atoms with van der Waals surface area (Å²) in [6, 6.07) is 7.69. The average molecular weight is 493 g/mol. The molecule has 0 atom stereocenters. The van der Waals surface area contributed by atoms with E-state index in [0.29, 0.717) is 30.3 Å². The molecule has 28 heavy (non-hydrogen) atoms. The van der Waals surface area contributed by atoms with Gasteiger partial charge in [-0.25, -0.2) is 4.68 Å². The van der Waals surface area contributed by atoms with Crippen LogP contribution in [-0.4, -0.2) is 34.7 Å². The Morgan fingerprint density at radius 2 is 2.04 bits per heavy atom. The molecule has 0 aliphatic carbocycles. The van der Waals surface area contributed by atoms with Gasteiger partial charge < -0.3 is 20.3 Å². The maximum Gasteiger partial charge on any atom is 0.174 e. The number of nitriles is 2. The fraction of sp³-hybridized carbons (Fsp3) is 0.316.